The molecule has 0 spiro atoms. The fourth-order valence-electron chi connectivity index (χ4n) is 5.27. The van der Waals surface area contributed by atoms with Gasteiger partial charge in [0.1, 0.15) is 5.82 Å². The molecule has 0 radical (unpaired) electrons. The van der Waals surface area contributed by atoms with Crippen LogP contribution in [0.4, 0.5) is 5.82 Å². The minimum atomic E-state index is -0.0559. The Morgan fingerprint density at radius 2 is 1.87 bits per heavy atom. The number of carbonyl (C=O) groups excluding carboxylic acids is 1. The first kappa shape index (κ1) is 20.5. The lowest BCUT2D eigenvalue weighted by molar-refractivity contribution is 0.0950. The van der Waals surface area contributed by atoms with Gasteiger partial charge in [-0.3, -0.25) is 9.69 Å². The molecule has 5 nitrogen and oxygen atoms in total. The lowest BCUT2D eigenvalue weighted by Crippen LogP contribution is -2.41. The smallest absolute Gasteiger partial charge is 0.253 e. The highest BCUT2D eigenvalue weighted by Gasteiger charge is 2.26. The summed E-state index contributed by atoms with van der Waals surface area (Å²) in [7, 11) is 0. The van der Waals surface area contributed by atoms with Crippen LogP contribution in [0, 0.1) is 0 Å². The molecular formula is C26H34N4O. The molecule has 1 atom stereocenters. The Morgan fingerprint density at radius 3 is 2.55 bits per heavy atom. The van der Waals surface area contributed by atoms with E-state index in [0.29, 0.717) is 18.2 Å². The molecular weight excluding hydrogens is 384 g/mol. The number of anilines is 1. The number of nitrogens with zero attached hydrogens (tertiary/aromatic N) is 3. The van der Waals surface area contributed by atoms with Crippen LogP contribution in [-0.2, 0) is 19.4 Å². The number of carbonyl (C=O) groups is 1. The van der Waals surface area contributed by atoms with Crippen LogP contribution in [0.15, 0.2) is 36.5 Å². The lowest BCUT2D eigenvalue weighted by atomic mass is 9.91. The van der Waals surface area contributed by atoms with Gasteiger partial charge in [-0.15, -0.1) is 0 Å². The summed E-state index contributed by atoms with van der Waals surface area (Å²) in [5.41, 5.74) is 4.74. The molecule has 2 aromatic rings. The van der Waals surface area contributed by atoms with Crippen molar-refractivity contribution in [1.29, 1.82) is 0 Å². The van der Waals surface area contributed by atoms with Gasteiger partial charge in [0.2, 0.25) is 0 Å². The largest absolute Gasteiger partial charge is 0.354 e. The predicted molar refractivity (Wildman–Crippen MR) is 125 cm³/mol. The monoisotopic (exact) mass is 418 g/mol. The van der Waals surface area contributed by atoms with Crippen molar-refractivity contribution in [2.24, 2.45) is 0 Å². The third-order valence-corrected chi connectivity index (χ3v) is 7.51. The zero-order chi connectivity index (χ0) is 21.2. The Kier molecular flexibility index (Phi) is 5.95. The number of hydrogen-bond donors (Lipinski definition) is 1. The highest BCUT2D eigenvalue weighted by atomic mass is 16.1. The van der Waals surface area contributed by atoms with Crippen molar-refractivity contribution < 1.29 is 4.79 Å². The van der Waals surface area contributed by atoms with Gasteiger partial charge in [0.05, 0.1) is 5.56 Å². The van der Waals surface area contributed by atoms with E-state index in [2.05, 4.69) is 45.2 Å². The third-order valence-electron chi connectivity index (χ3n) is 7.51. The number of pyridine rings is 1. The van der Waals surface area contributed by atoms with E-state index in [1.165, 1.54) is 61.9 Å². The van der Waals surface area contributed by atoms with Crippen LogP contribution in [0.5, 0.6) is 0 Å². The summed E-state index contributed by atoms with van der Waals surface area (Å²) < 4.78 is 0. The van der Waals surface area contributed by atoms with Crippen LogP contribution in [-0.4, -0.2) is 47.5 Å². The van der Waals surface area contributed by atoms with Crippen LogP contribution < -0.4 is 10.2 Å². The second-order valence-electron chi connectivity index (χ2n) is 9.50. The van der Waals surface area contributed by atoms with E-state index < -0.39 is 0 Å². The van der Waals surface area contributed by atoms with Crippen molar-refractivity contribution in [1.82, 2.24) is 15.2 Å². The SMILES string of the molecule is C[C@@H]1CCCN1c1ccc(C(=O)NCc2ccc3c(c2)CCN(C2CCC2)CC3)cn1. The summed E-state index contributed by atoms with van der Waals surface area (Å²) >= 11 is 0. The summed E-state index contributed by atoms with van der Waals surface area (Å²) in [5.74, 6) is 0.919. The van der Waals surface area contributed by atoms with Crippen LogP contribution in [0.1, 0.15) is 66.1 Å². The molecule has 1 saturated carbocycles. The van der Waals surface area contributed by atoms with Crippen molar-refractivity contribution in [2.75, 3.05) is 24.5 Å². The summed E-state index contributed by atoms with van der Waals surface area (Å²) in [6, 6.07) is 12.0. The molecule has 164 valence electrons. The summed E-state index contributed by atoms with van der Waals surface area (Å²) in [6.45, 7) is 6.20. The fourth-order valence-corrected chi connectivity index (χ4v) is 5.27. The standard InChI is InChI=1S/C26H34N4O/c1-19-4-3-13-30(19)25-10-9-23(18-27-25)26(31)28-17-20-7-8-21-11-14-29(24-5-2-6-24)15-12-22(21)16-20/h7-10,16,18-19,24H,2-6,11-15,17H2,1H3,(H,28,31)/t19-/m1/s1. The van der Waals surface area contributed by atoms with Gasteiger partial charge in [-0.05, 0) is 74.3 Å². The normalized spacial score (nSPS) is 22.0. The number of fused-ring (bicyclic) bond motifs is 1. The van der Waals surface area contributed by atoms with E-state index in [1.807, 2.05) is 12.1 Å². The molecule has 1 amide bonds. The molecule has 0 bridgehead atoms. The molecule has 0 unspecified atom stereocenters. The molecule has 2 aliphatic heterocycles. The van der Waals surface area contributed by atoms with Gasteiger partial charge in [-0.2, -0.15) is 0 Å². The van der Waals surface area contributed by atoms with Gasteiger partial charge in [0, 0.05) is 44.5 Å². The summed E-state index contributed by atoms with van der Waals surface area (Å²) in [6.07, 6.45) is 10.5. The third kappa shape index (κ3) is 4.47. The van der Waals surface area contributed by atoms with E-state index in [4.69, 9.17) is 0 Å². The van der Waals surface area contributed by atoms with Crippen molar-refractivity contribution in [3.8, 4) is 0 Å². The molecule has 2 fully saturated rings. The molecule has 5 heteroatoms. The summed E-state index contributed by atoms with van der Waals surface area (Å²) in [5, 5.41) is 3.08. The van der Waals surface area contributed by atoms with Gasteiger partial charge in [-0.25, -0.2) is 4.98 Å². The van der Waals surface area contributed by atoms with Crippen LogP contribution >= 0.6 is 0 Å². The van der Waals surface area contributed by atoms with Crippen LogP contribution in [0.3, 0.4) is 0 Å². The van der Waals surface area contributed by atoms with E-state index >= 15 is 0 Å². The average Bonchev–Trinajstić information content (AvgIpc) is 3.08. The number of nitrogens with one attached hydrogen (secondary N) is 1. The Hall–Kier alpha value is -2.40. The van der Waals surface area contributed by atoms with Gasteiger partial charge >= 0.3 is 0 Å². The van der Waals surface area contributed by atoms with Gasteiger partial charge in [0.15, 0.2) is 0 Å². The molecule has 3 heterocycles. The second-order valence-corrected chi connectivity index (χ2v) is 9.50. The highest BCUT2D eigenvalue weighted by Crippen LogP contribution is 2.28. The lowest BCUT2D eigenvalue weighted by Gasteiger charge is -2.36. The summed E-state index contributed by atoms with van der Waals surface area (Å²) in [4.78, 5) is 22.2. The molecule has 3 aliphatic rings. The first-order valence-corrected chi connectivity index (χ1v) is 12.0. The Labute approximate surface area is 185 Å². The quantitative estimate of drug-likeness (QED) is 0.799. The maximum atomic E-state index is 12.6. The molecule has 1 N–H and O–H groups in total. The molecule has 1 aromatic heterocycles. The van der Waals surface area contributed by atoms with E-state index in [-0.39, 0.29) is 5.91 Å². The van der Waals surface area contributed by atoms with Gasteiger partial charge < -0.3 is 10.2 Å². The molecule has 1 aromatic carbocycles. The zero-order valence-electron chi connectivity index (χ0n) is 18.6. The average molecular weight is 419 g/mol. The molecule has 1 saturated heterocycles. The van der Waals surface area contributed by atoms with E-state index in [0.717, 1.165) is 31.2 Å². The van der Waals surface area contributed by atoms with Crippen LogP contribution in [0.2, 0.25) is 0 Å². The number of amides is 1. The minimum Gasteiger partial charge on any atom is -0.354 e. The zero-order valence-corrected chi connectivity index (χ0v) is 18.6. The van der Waals surface area contributed by atoms with E-state index in [1.54, 1.807) is 6.20 Å². The molecule has 1 aliphatic carbocycles. The predicted octanol–water partition coefficient (Wildman–Crippen LogP) is 3.95. The first-order chi connectivity index (χ1) is 15.2. The van der Waals surface area contributed by atoms with Crippen molar-refractivity contribution in [2.45, 2.75) is 70.5 Å². The van der Waals surface area contributed by atoms with Gasteiger partial charge in [0.25, 0.3) is 5.91 Å². The number of benzene rings is 1. The fraction of sp³-hybridized carbons (Fsp3) is 0.538. The second kappa shape index (κ2) is 8.99. The first-order valence-electron chi connectivity index (χ1n) is 12.0. The topological polar surface area (TPSA) is 48.5 Å². The number of rotatable bonds is 5. The van der Waals surface area contributed by atoms with Crippen LogP contribution in [0.25, 0.3) is 0 Å². The Balaban J connectivity index is 1.17. The maximum absolute atomic E-state index is 12.6. The Morgan fingerprint density at radius 1 is 1.03 bits per heavy atom. The molecule has 31 heavy (non-hydrogen) atoms. The van der Waals surface area contributed by atoms with Crippen molar-refractivity contribution in [3.63, 3.8) is 0 Å². The highest BCUT2D eigenvalue weighted by molar-refractivity contribution is 5.94. The van der Waals surface area contributed by atoms with Crippen molar-refractivity contribution >= 4 is 11.7 Å². The number of aromatic nitrogens is 1. The maximum Gasteiger partial charge on any atom is 0.253 e. The minimum absolute atomic E-state index is 0.0559. The molecule has 5 rings (SSSR count). The number of hydrogen-bond acceptors (Lipinski definition) is 4. The Bertz CT molecular complexity index is 922. The van der Waals surface area contributed by atoms with Crippen molar-refractivity contribution in [3.05, 3.63) is 58.8 Å². The van der Waals surface area contributed by atoms with Gasteiger partial charge in [-0.1, -0.05) is 24.6 Å². The van der Waals surface area contributed by atoms with E-state index in [9.17, 15) is 4.79 Å².